The zero-order valence-electron chi connectivity index (χ0n) is 10.8. The molecule has 2 heterocycles. The molecular weight excluding hydrogens is 232 g/mol. The van der Waals surface area contributed by atoms with Gasteiger partial charge in [-0.25, -0.2) is 4.98 Å². The van der Waals surface area contributed by atoms with Gasteiger partial charge in [-0.15, -0.1) is 0 Å². The lowest BCUT2D eigenvalue weighted by atomic mass is 10.3. The van der Waals surface area contributed by atoms with Crippen LogP contribution in [0.1, 0.15) is 12.1 Å². The molecule has 1 saturated heterocycles. The average Bonchev–Trinajstić information content (AvgIpc) is 2.85. The summed E-state index contributed by atoms with van der Waals surface area (Å²) in [5.41, 5.74) is 1.10. The molecular formula is C12H20N4O2. The molecule has 0 saturated carbocycles. The van der Waals surface area contributed by atoms with Crippen molar-refractivity contribution in [3.63, 3.8) is 0 Å². The molecule has 0 atom stereocenters. The minimum Gasteiger partial charge on any atom is -0.378 e. The smallest absolute Gasteiger partial charge is 0.224 e. The Labute approximate surface area is 107 Å². The molecule has 100 valence electrons. The van der Waals surface area contributed by atoms with Crippen molar-refractivity contribution in [2.24, 2.45) is 0 Å². The molecule has 0 bridgehead atoms. The lowest BCUT2D eigenvalue weighted by molar-refractivity contribution is -0.135. The third kappa shape index (κ3) is 3.30. The average molecular weight is 252 g/mol. The van der Waals surface area contributed by atoms with Crippen molar-refractivity contribution in [2.75, 3.05) is 33.4 Å². The molecule has 0 unspecified atom stereocenters. The van der Waals surface area contributed by atoms with Crippen molar-refractivity contribution in [2.45, 2.75) is 19.5 Å². The highest BCUT2D eigenvalue weighted by atomic mass is 16.5. The Morgan fingerprint density at radius 2 is 2.28 bits per heavy atom. The van der Waals surface area contributed by atoms with Gasteiger partial charge in [-0.2, -0.15) is 0 Å². The maximum Gasteiger partial charge on any atom is 0.224 e. The van der Waals surface area contributed by atoms with E-state index in [1.807, 2.05) is 22.7 Å². The first-order chi connectivity index (χ1) is 8.81. The highest BCUT2D eigenvalue weighted by Gasteiger charge is 2.16. The predicted molar refractivity (Wildman–Crippen MR) is 67.0 cm³/mol. The number of carbonyl (C=O) groups excluding carboxylic acids is 1. The summed E-state index contributed by atoms with van der Waals surface area (Å²) in [6.07, 6.45) is 4.13. The summed E-state index contributed by atoms with van der Waals surface area (Å²) in [6.45, 7) is 4.20. The zero-order valence-corrected chi connectivity index (χ0v) is 10.8. The number of aryl methyl sites for hydroxylation is 1. The Morgan fingerprint density at radius 1 is 1.50 bits per heavy atom. The molecule has 18 heavy (non-hydrogen) atoms. The Bertz CT molecular complexity index is 385. The van der Waals surface area contributed by atoms with Crippen LogP contribution in [0.3, 0.4) is 0 Å². The standard InChI is InChI=1S/C12H20N4O2/c1-13-8-11-9-14-10-16(11)3-2-12(17)15-4-6-18-7-5-15/h9-10,13H,2-8H2,1H3. The fourth-order valence-corrected chi connectivity index (χ4v) is 2.06. The van der Waals surface area contributed by atoms with Gasteiger partial charge in [-0.3, -0.25) is 4.79 Å². The van der Waals surface area contributed by atoms with Crippen LogP contribution in [0.4, 0.5) is 0 Å². The second-order valence-corrected chi connectivity index (χ2v) is 4.35. The molecule has 2 rings (SSSR count). The predicted octanol–water partition coefficient (Wildman–Crippen LogP) is -0.149. The van der Waals surface area contributed by atoms with Gasteiger partial charge in [-0.1, -0.05) is 0 Å². The number of amides is 1. The number of hydrogen-bond acceptors (Lipinski definition) is 4. The molecule has 1 aliphatic heterocycles. The van der Waals surface area contributed by atoms with E-state index in [9.17, 15) is 4.79 Å². The second kappa shape index (κ2) is 6.51. The summed E-state index contributed by atoms with van der Waals surface area (Å²) in [5, 5.41) is 3.09. The highest BCUT2D eigenvalue weighted by Crippen LogP contribution is 2.04. The van der Waals surface area contributed by atoms with Crippen molar-refractivity contribution >= 4 is 5.91 Å². The largest absolute Gasteiger partial charge is 0.378 e. The summed E-state index contributed by atoms with van der Waals surface area (Å²) < 4.78 is 7.26. The van der Waals surface area contributed by atoms with Crippen LogP contribution < -0.4 is 5.32 Å². The van der Waals surface area contributed by atoms with Crippen LogP contribution in [0.15, 0.2) is 12.5 Å². The van der Waals surface area contributed by atoms with E-state index in [1.165, 1.54) is 0 Å². The van der Waals surface area contributed by atoms with Crippen molar-refractivity contribution in [1.82, 2.24) is 19.8 Å². The van der Waals surface area contributed by atoms with Gasteiger partial charge in [0.05, 0.1) is 25.2 Å². The van der Waals surface area contributed by atoms with Gasteiger partial charge >= 0.3 is 0 Å². The summed E-state index contributed by atoms with van der Waals surface area (Å²) in [6, 6.07) is 0. The Hall–Kier alpha value is -1.40. The molecule has 1 fully saturated rings. The fourth-order valence-electron chi connectivity index (χ4n) is 2.06. The molecule has 1 N–H and O–H groups in total. The first-order valence-corrected chi connectivity index (χ1v) is 6.30. The maximum atomic E-state index is 12.0. The molecule has 1 aromatic heterocycles. The van der Waals surface area contributed by atoms with Crippen LogP contribution in [-0.2, 0) is 22.6 Å². The van der Waals surface area contributed by atoms with Gasteiger partial charge in [0.15, 0.2) is 0 Å². The van der Waals surface area contributed by atoms with E-state index in [4.69, 9.17) is 4.74 Å². The molecule has 0 radical (unpaired) electrons. The van der Waals surface area contributed by atoms with Crippen molar-refractivity contribution < 1.29 is 9.53 Å². The quantitative estimate of drug-likeness (QED) is 0.792. The first kappa shape index (κ1) is 13.0. The Kier molecular flexibility index (Phi) is 4.72. The summed E-state index contributed by atoms with van der Waals surface area (Å²) >= 11 is 0. The van der Waals surface area contributed by atoms with E-state index in [2.05, 4.69) is 10.3 Å². The molecule has 0 aromatic carbocycles. The van der Waals surface area contributed by atoms with Gasteiger partial charge in [0.25, 0.3) is 0 Å². The van der Waals surface area contributed by atoms with E-state index in [0.29, 0.717) is 39.3 Å². The van der Waals surface area contributed by atoms with Crippen LogP contribution in [0.5, 0.6) is 0 Å². The molecule has 1 aromatic rings. The number of nitrogens with zero attached hydrogens (tertiary/aromatic N) is 3. The molecule has 6 nitrogen and oxygen atoms in total. The van der Waals surface area contributed by atoms with Gasteiger partial charge in [0.1, 0.15) is 0 Å². The number of imidazole rings is 1. The Balaban J connectivity index is 1.82. The summed E-state index contributed by atoms with van der Waals surface area (Å²) in [5.74, 6) is 0.197. The number of aromatic nitrogens is 2. The third-order valence-corrected chi connectivity index (χ3v) is 3.09. The van der Waals surface area contributed by atoms with Crippen molar-refractivity contribution in [3.05, 3.63) is 18.2 Å². The summed E-state index contributed by atoms with van der Waals surface area (Å²) in [7, 11) is 1.90. The number of nitrogens with one attached hydrogen (secondary N) is 1. The molecule has 1 aliphatic rings. The van der Waals surface area contributed by atoms with Crippen LogP contribution in [0.25, 0.3) is 0 Å². The number of carbonyl (C=O) groups is 1. The monoisotopic (exact) mass is 252 g/mol. The van der Waals surface area contributed by atoms with E-state index >= 15 is 0 Å². The number of ether oxygens (including phenoxy) is 1. The van der Waals surface area contributed by atoms with E-state index in [0.717, 1.165) is 12.2 Å². The first-order valence-electron chi connectivity index (χ1n) is 6.30. The second-order valence-electron chi connectivity index (χ2n) is 4.35. The van der Waals surface area contributed by atoms with Gasteiger partial charge < -0.3 is 19.5 Å². The topological polar surface area (TPSA) is 59.4 Å². The minimum atomic E-state index is 0.197. The van der Waals surface area contributed by atoms with Gasteiger partial charge in [0, 0.05) is 38.8 Å². The van der Waals surface area contributed by atoms with Crippen LogP contribution in [0, 0.1) is 0 Å². The third-order valence-electron chi connectivity index (χ3n) is 3.09. The van der Waals surface area contributed by atoms with Gasteiger partial charge in [0.2, 0.25) is 5.91 Å². The van der Waals surface area contributed by atoms with Gasteiger partial charge in [-0.05, 0) is 7.05 Å². The normalized spacial score (nSPS) is 15.9. The lowest BCUT2D eigenvalue weighted by Gasteiger charge is -2.27. The van der Waals surface area contributed by atoms with Crippen LogP contribution >= 0.6 is 0 Å². The summed E-state index contributed by atoms with van der Waals surface area (Å²) in [4.78, 5) is 18.0. The molecule has 0 aliphatic carbocycles. The van der Waals surface area contributed by atoms with Crippen LogP contribution in [0.2, 0.25) is 0 Å². The van der Waals surface area contributed by atoms with E-state index in [-0.39, 0.29) is 5.91 Å². The van der Waals surface area contributed by atoms with E-state index in [1.54, 1.807) is 6.33 Å². The number of morpholine rings is 1. The SMILES string of the molecule is CNCc1cncn1CCC(=O)N1CCOCC1. The molecule has 6 heteroatoms. The molecule has 1 amide bonds. The number of rotatable bonds is 5. The molecule has 0 spiro atoms. The minimum absolute atomic E-state index is 0.197. The van der Waals surface area contributed by atoms with Crippen LogP contribution in [-0.4, -0.2) is 53.7 Å². The number of hydrogen-bond donors (Lipinski definition) is 1. The van der Waals surface area contributed by atoms with E-state index < -0.39 is 0 Å². The van der Waals surface area contributed by atoms with Crippen molar-refractivity contribution in [1.29, 1.82) is 0 Å². The fraction of sp³-hybridized carbons (Fsp3) is 0.667. The highest BCUT2D eigenvalue weighted by molar-refractivity contribution is 5.76. The van der Waals surface area contributed by atoms with Crippen molar-refractivity contribution in [3.8, 4) is 0 Å². The maximum absolute atomic E-state index is 12.0. The zero-order chi connectivity index (χ0) is 12.8. The lowest BCUT2D eigenvalue weighted by Crippen LogP contribution is -2.41. The Morgan fingerprint density at radius 3 is 3.00 bits per heavy atom.